The molecule has 0 atom stereocenters. The summed E-state index contributed by atoms with van der Waals surface area (Å²) in [4.78, 5) is 0. The van der Waals surface area contributed by atoms with E-state index in [2.05, 4.69) is 36.9 Å². The lowest BCUT2D eigenvalue weighted by atomic mass is 10.1. The number of hydrogen-bond acceptors (Lipinski definition) is 0. The molecule has 0 aliphatic carbocycles. The van der Waals surface area contributed by atoms with Crippen molar-refractivity contribution in [3.8, 4) is 0 Å². The summed E-state index contributed by atoms with van der Waals surface area (Å²) >= 11 is 3.55. The molecule has 0 aromatic rings. The van der Waals surface area contributed by atoms with E-state index in [4.69, 9.17) is 0 Å². The van der Waals surface area contributed by atoms with Crippen LogP contribution in [0.1, 0.15) is 58.3 Å². The molecule has 0 aromatic heterocycles. The minimum Gasteiger partial charge on any atom is -1.00 e. The number of rotatable bonds is 10. The van der Waals surface area contributed by atoms with Crippen molar-refractivity contribution >= 4 is 15.9 Å². The Balaban J connectivity index is 0. The highest BCUT2D eigenvalue weighted by Gasteiger charge is 2.10. The molecule has 0 radical (unpaired) electrons. The van der Waals surface area contributed by atoms with Gasteiger partial charge in [0.05, 0.1) is 20.6 Å². The molecule has 0 fully saturated rings. The van der Waals surface area contributed by atoms with Crippen molar-refractivity contribution in [2.75, 3.05) is 26.1 Å². The summed E-state index contributed by atoms with van der Waals surface area (Å²) in [5.74, 6) is 0. The summed E-state index contributed by atoms with van der Waals surface area (Å²) in [7, 11) is 4.58. The average molecular weight is 406 g/mol. The van der Waals surface area contributed by atoms with E-state index in [1.165, 1.54) is 57.9 Å². The monoisotopic (exact) mass is 405 g/mol. The van der Waals surface area contributed by atoms with Gasteiger partial charge < -0.3 is 28.5 Å². The van der Waals surface area contributed by atoms with Crippen LogP contribution in [-0.2, 0) is 0 Å². The van der Waals surface area contributed by atoms with Gasteiger partial charge in [0.25, 0.3) is 0 Å². The van der Waals surface area contributed by atoms with Gasteiger partial charge in [0, 0.05) is 0 Å². The average Bonchev–Trinajstić information content (AvgIpc) is 2.22. The molecular weight excluding hydrogens is 377 g/mol. The summed E-state index contributed by atoms with van der Waals surface area (Å²) in [6, 6.07) is 0. The minimum absolute atomic E-state index is 0. The van der Waals surface area contributed by atoms with E-state index >= 15 is 0 Å². The first kappa shape index (κ1) is 19.5. The standard InChI is InChI=1S/C13H29BrN.HI/c1-4-5-6-7-8-9-10-11-12-15(2,3)13-14;/h4-13H2,1-3H3;1H/q+1;/p-1. The van der Waals surface area contributed by atoms with Gasteiger partial charge in [-0.2, -0.15) is 0 Å². The third-order valence-corrected chi connectivity index (χ3v) is 4.30. The lowest BCUT2D eigenvalue weighted by molar-refractivity contribution is -0.876. The van der Waals surface area contributed by atoms with Gasteiger partial charge in [0.1, 0.15) is 5.45 Å². The Hall–Kier alpha value is 1.17. The van der Waals surface area contributed by atoms with Gasteiger partial charge in [-0.1, -0.05) is 45.4 Å². The van der Waals surface area contributed by atoms with Gasteiger partial charge in [-0.15, -0.1) is 0 Å². The fourth-order valence-electron chi connectivity index (χ4n) is 1.73. The van der Waals surface area contributed by atoms with Gasteiger partial charge in [-0.05, 0) is 28.8 Å². The van der Waals surface area contributed by atoms with Gasteiger partial charge in [-0.25, -0.2) is 0 Å². The van der Waals surface area contributed by atoms with E-state index in [0.717, 1.165) is 9.94 Å². The highest BCUT2D eigenvalue weighted by Crippen LogP contribution is 2.10. The number of quaternary nitrogens is 1. The van der Waals surface area contributed by atoms with E-state index in [1.807, 2.05) is 0 Å². The molecule has 0 saturated heterocycles. The third kappa shape index (κ3) is 13.2. The molecule has 100 valence electrons. The Morgan fingerprint density at radius 1 is 0.812 bits per heavy atom. The first-order valence-corrected chi connectivity index (χ1v) is 7.62. The fourth-order valence-corrected chi connectivity index (χ4v) is 1.98. The third-order valence-electron chi connectivity index (χ3n) is 2.94. The summed E-state index contributed by atoms with van der Waals surface area (Å²) in [5.41, 5.74) is 1.07. The lowest BCUT2D eigenvalue weighted by Gasteiger charge is -2.26. The van der Waals surface area contributed by atoms with Crippen LogP contribution in [0.15, 0.2) is 0 Å². The molecule has 0 heterocycles. The Morgan fingerprint density at radius 3 is 1.69 bits per heavy atom. The second kappa shape index (κ2) is 12.6. The van der Waals surface area contributed by atoms with Gasteiger partial charge in [0.15, 0.2) is 0 Å². The second-order valence-corrected chi connectivity index (χ2v) is 5.76. The zero-order valence-electron chi connectivity index (χ0n) is 11.3. The summed E-state index contributed by atoms with van der Waals surface area (Å²) < 4.78 is 1.11. The van der Waals surface area contributed by atoms with Crippen LogP contribution in [0.2, 0.25) is 0 Å². The van der Waals surface area contributed by atoms with Crippen molar-refractivity contribution < 1.29 is 28.5 Å². The number of alkyl halides is 1. The minimum atomic E-state index is 0. The molecule has 0 N–H and O–H groups in total. The summed E-state index contributed by atoms with van der Waals surface area (Å²) in [6.45, 7) is 3.58. The van der Waals surface area contributed by atoms with Crippen molar-refractivity contribution in [2.24, 2.45) is 0 Å². The molecule has 0 saturated carbocycles. The van der Waals surface area contributed by atoms with Crippen molar-refractivity contribution in [3.05, 3.63) is 0 Å². The Kier molecular flexibility index (Phi) is 15.4. The maximum absolute atomic E-state index is 3.55. The van der Waals surface area contributed by atoms with Crippen LogP contribution in [0.3, 0.4) is 0 Å². The SMILES string of the molecule is CCCCCCCCCC[N+](C)(C)CBr.[I-]. The smallest absolute Gasteiger partial charge is 0.133 e. The molecule has 1 nitrogen and oxygen atoms in total. The van der Waals surface area contributed by atoms with Crippen molar-refractivity contribution in [1.29, 1.82) is 0 Å². The summed E-state index contributed by atoms with van der Waals surface area (Å²) in [5, 5.41) is 0. The number of hydrogen-bond donors (Lipinski definition) is 0. The fraction of sp³-hybridized carbons (Fsp3) is 1.00. The number of unbranched alkanes of at least 4 members (excludes halogenated alkanes) is 7. The quantitative estimate of drug-likeness (QED) is 0.170. The van der Waals surface area contributed by atoms with Gasteiger partial charge in [-0.3, -0.25) is 0 Å². The highest BCUT2D eigenvalue weighted by atomic mass is 127. The normalized spacial score (nSPS) is 11.2. The van der Waals surface area contributed by atoms with E-state index in [9.17, 15) is 0 Å². The zero-order valence-corrected chi connectivity index (χ0v) is 15.0. The van der Waals surface area contributed by atoms with Crippen LogP contribution in [-0.4, -0.2) is 30.6 Å². The molecular formula is C13H29BrIN. The Labute approximate surface area is 128 Å². The topological polar surface area (TPSA) is 0 Å². The molecule has 0 spiro atoms. The highest BCUT2D eigenvalue weighted by molar-refractivity contribution is 9.09. The number of nitrogens with zero attached hydrogens (tertiary/aromatic N) is 1. The molecule has 0 aromatic carbocycles. The lowest BCUT2D eigenvalue weighted by Crippen LogP contribution is -3.00. The predicted molar refractivity (Wildman–Crippen MR) is 73.4 cm³/mol. The predicted octanol–water partition coefficient (Wildman–Crippen LogP) is 1.56. The van der Waals surface area contributed by atoms with Crippen LogP contribution >= 0.6 is 15.9 Å². The summed E-state index contributed by atoms with van der Waals surface area (Å²) in [6.07, 6.45) is 11.4. The second-order valence-electron chi connectivity index (χ2n) is 5.25. The molecule has 0 rings (SSSR count). The van der Waals surface area contributed by atoms with E-state index < -0.39 is 0 Å². The maximum Gasteiger partial charge on any atom is 0.133 e. The molecule has 3 heteroatoms. The first-order chi connectivity index (χ1) is 7.12. The van der Waals surface area contributed by atoms with Crippen LogP contribution in [0.5, 0.6) is 0 Å². The Morgan fingerprint density at radius 2 is 1.25 bits per heavy atom. The van der Waals surface area contributed by atoms with Crippen molar-refractivity contribution in [2.45, 2.75) is 58.3 Å². The molecule has 16 heavy (non-hydrogen) atoms. The van der Waals surface area contributed by atoms with Crippen molar-refractivity contribution in [1.82, 2.24) is 0 Å². The Bertz CT molecular complexity index is 140. The van der Waals surface area contributed by atoms with E-state index in [1.54, 1.807) is 0 Å². The molecule has 0 bridgehead atoms. The largest absolute Gasteiger partial charge is 1.00 e. The van der Waals surface area contributed by atoms with Crippen LogP contribution in [0.25, 0.3) is 0 Å². The first-order valence-electron chi connectivity index (χ1n) is 6.50. The van der Waals surface area contributed by atoms with Gasteiger partial charge in [0.2, 0.25) is 0 Å². The molecule has 0 unspecified atom stereocenters. The molecule has 0 aliphatic heterocycles. The van der Waals surface area contributed by atoms with Crippen LogP contribution in [0.4, 0.5) is 0 Å². The molecule has 0 aliphatic rings. The zero-order chi connectivity index (χ0) is 11.6. The van der Waals surface area contributed by atoms with E-state index in [0.29, 0.717) is 0 Å². The molecule has 0 amide bonds. The van der Waals surface area contributed by atoms with Gasteiger partial charge >= 0.3 is 0 Å². The maximum atomic E-state index is 3.55. The van der Waals surface area contributed by atoms with Crippen molar-refractivity contribution in [3.63, 3.8) is 0 Å². The van der Waals surface area contributed by atoms with E-state index in [-0.39, 0.29) is 24.0 Å². The number of halogens is 2. The van der Waals surface area contributed by atoms with Crippen LogP contribution in [0, 0.1) is 0 Å². The van der Waals surface area contributed by atoms with Crippen LogP contribution < -0.4 is 24.0 Å².